The van der Waals surface area contributed by atoms with Crippen molar-refractivity contribution < 1.29 is 4.74 Å². The first-order valence-corrected chi connectivity index (χ1v) is 9.70. The van der Waals surface area contributed by atoms with Gasteiger partial charge in [0.1, 0.15) is 0 Å². The van der Waals surface area contributed by atoms with Crippen molar-refractivity contribution in [1.82, 2.24) is 0 Å². The van der Waals surface area contributed by atoms with Crippen molar-refractivity contribution in [2.45, 2.75) is 26.7 Å². The van der Waals surface area contributed by atoms with Crippen LogP contribution in [0.25, 0.3) is 16.7 Å². The molecule has 144 valence electrons. The molecule has 1 saturated heterocycles. The third-order valence-electron chi connectivity index (χ3n) is 4.06. The van der Waals surface area contributed by atoms with Gasteiger partial charge in [-0.1, -0.05) is 93.3 Å². The van der Waals surface area contributed by atoms with Crippen LogP contribution in [0.3, 0.4) is 0 Å². The van der Waals surface area contributed by atoms with Crippen LogP contribution in [-0.4, -0.2) is 20.3 Å². The van der Waals surface area contributed by atoms with E-state index in [0.29, 0.717) is 0 Å². The molecule has 0 saturated carbocycles. The molecule has 0 aromatic heterocycles. The zero-order valence-corrected chi connectivity index (χ0v) is 16.9. The number of benzene rings is 2. The van der Waals surface area contributed by atoms with Gasteiger partial charge in [-0.25, -0.2) is 0 Å². The van der Waals surface area contributed by atoms with E-state index in [0.717, 1.165) is 31.6 Å². The van der Waals surface area contributed by atoms with E-state index in [2.05, 4.69) is 79.1 Å². The summed E-state index contributed by atoms with van der Waals surface area (Å²) in [6, 6.07) is 18.9. The molecular weight excluding hydrogens is 330 g/mol. The van der Waals surface area contributed by atoms with E-state index in [1.807, 2.05) is 19.9 Å². The molecule has 2 N–H and O–H groups in total. The number of hydrogen-bond acceptors (Lipinski definition) is 2. The first-order valence-electron chi connectivity index (χ1n) is 9.70. The minimum Gasteiger partial charge on any atom is -0.377 e. The molecule has 3 rings (SSSR count). The van der Waals surface area contributed by atoms with Crippen LogP contribution in [0.15, 0.2) is 85.0 Å². The van der Waals surface area contributed by atoms with Crippen LogP contribution in [-0.2, 0) is 4.74 Å². The van der Waals surface area contributed by atoms with Gasteiger partial charge in [0.25, 0.3) is 0 Å². The summed E-state index contributed by atoms with van der Waals surface area (Å²) < 4.78 is 5.48. The summed E-state index contributed by atoms with van der Waals surface area (Å²) in [5, 5.41) is 0. The second-order valence-corrected chi connectivity index (χ2v) is 5.78. The molecule has 0 bridgehead atoms. The Bertz CT molecular complexity index is 721. The quantitative estimate of drug-likeness (QED) is 0.651. The maximum Gasteiger partial charge on any atom is 0.0679 e. The van der Waals surface area contributed by atoms with E-state index in [9.17, 15) is 0 Å². The van der Waals surface area contributed by atoms with Gasteiger partial charge in [-0.3, -0.25) is 0 Å². The highest BCUT2D eigenvalue weighted by Gasteiger charge is 2.06. The minimum absolute atomic E-state index is 0.761. The first-order chi connectivity index (χ1) is 13.3. The van der Waals surface area contributed by atoms with Crippen molar-refractivity contribution in [2.24, 2.45) is 5.73 Å². The van der Waals surface area contributed by atoms with Crippen LogP contribution in [0.5, 0.6) is 0 Å². The Morgan fingerprint density at radius 1 is 1.00 bits per heavy atom. The third-order valence-corrected chi connectivity index (χ3v) is 4.06. The lowest BCUT2D eigenvalue weighted by molar-refractivity contribution is 0.130. The van der Waals surface area contributed by atoms with Crippen molar-refractivity contribution >= 4 is 5.57 Å². The molecule has 0 unspecified atom stereocenters. The summed E-state index contributed by atoms with van der Waals surface area (Å²) in [4.78, 5) is 0. The summed E-state index contributed by atoms with van der Waals surface area (Å²) in [6.07, 6.45) is 8.60. The predicted octanol–water partition coefficient (Wildman–Crippen LogP) is 6.26. The Labute approximate surface area is 165 Å². The van der Waals surface area contributed by atoms with Gasteiger partial charge in [0.05, 0.1) is 6.61 Å². The Morgan fingerprint density at radius 3 is 2.33 bits per heavy atom. The normalized spacial score (nSPS) is 14.7. The molecule has 0 amide bonds. The molecule has 2 nitrogen and oxygen atoms in total. The van der Waals surface area contributed by atoms with E-state index in [-0.39, 0.29) is 0 Å². The lowest BCUT2D eigenvalue weighted by atomic mass is 9.95. The van der Waals surface area contributed by atoms with Gasteiger partial charge in [0.15, 0.2) is 0 Å². The van der Waals surface area contributed by atoms with Crippen molar-refractivity contribution in [3.05, 3.63) is 90.5 Å². The summed E-state index contributed by atoms with van der Waals surface area (Å²) in [7, 11) is 1.50. The number of ether oxygens (including phenoxy) is 1. The van der Waals surface area contributed by atoms with Crippen LogP contribution in [0, 0.1) is 0 Å². The van der Waals surface area contributed by atoms with Crippen molar-refractivity contribution in [3.63, 3.8) is 0 Å². The van der Waals surface area contributed by atoms with Gasteiger partial charge in [-0.2, -0.15) is 0 Å². The Morgan fingerprint density at radius 2 is 1.67 bits per heavy atom. The monoisotopic (exact) mass is 363 g/mol. The number of allylic oxidation sites excluding steroid dienone is 4. The molecule has 2 heteroatoms. The number of rotatable bonds is 4. The molecule has 0 atom stereocenters. The summed E-state index contributed by atoms with van der Waals surface area (Å²) in [6.45, 7) is 9.89. The summed E-state index contributed by atoms with van der Waals surface area (Å²) >= 11 is 0. The van der Waals surface area contributed by atoms with Gasteiger partial charge in [0, 0.05) is 6.61 Å². The smallest absolute Gasteiger partial charge is 0.0679 e. The van der Waals surface area contributed by atoms with E-state index in [1.54, 1.807) is 0 Å². The fourth-order valence-electron chi connectivity index (χ4n) is 2.83. The summed E-state index contributed by atoms with van der Waals surface area (Å²) in [5.74, 6) is 0. The molecule has 1 aliphatic rings. The fourth-order valence-corrected chi connectivity index (χ4v) is 2.83. The maximum atomic E-state index is 5.48. The molecule has 2 aromatic rings. The zero-order valence-electron chi connectivity index (χ0n) is 16.9. The largest absolute Gasteiger partial charge is 0.377 e. The van der Waals surface area contributed by atoms with Crippen molar-refractivity contribution in [3.8, 4) is 11.1 Å². The van der Waals surface area contributed by atoms with Gasteiger partial charge >= 0.3 is 0 Å². The van der Waals surface area contributed by atoms with Crippen LogP contribution in [0.2, 0.25) is 0 Å². The maximum absolute atomic E-state index is 5.48. The average Bonchev–Trinajstić information content (AvgIpc) is 2.78. The van der Waals surface area contributed by atoms with Gasteiger partial charge in [-0.05, 0) is 47.7 Å². The van der Waals surface area contributed by atoms with Crippen LogP contribution < -0.4 is 5.73 Å². The van der Waals surface area contributed by atoms with Gasteiger partial charge < -0.3 is 10.5 Å². The number of hydrogen-bond donors (Lipinski definition) is 1. The molecule has 27 heavy (non-hydrogen) atoms. The van der Waals surface area contributed by atoms with E-state index < -0.39 is 0 Å². The first kappa shape index (κ1) is 22.6. The standard InChI is InChI=1S/C22H22O.C2H6.CH5N/c1-18(9-7-10-19-11-8-16-23-17-19)21-14-5-6-15-22(21)20-12-3-2-4-13-20;2*1-2/h2-7,9-10,12-15H,1,8,11,16-17H2;1-2H3;2H2,1H3/b9-7-,19-10-;;. The average molecular weight is 364 g/mol. The molecule has 1 heterocycles. The molecule has 0 aliphatic carbocycles. The molecular formula is C25H33NO. The topological polar surface area (TPSA) is 35.2 Å². The highest BCUT2D eigenvalue weighted by molar-refractivity contribution is 5.84. The molecule has 0 spiro atoms. The third kappa shape index (κ3) is 7.38. The Kier molecular flexibility index (Phi) is 11.5. The molecule has 1 aliphatic heterocycles. The predicted molar refractivity (Wildman–Crippen MR) is 120 cm³/mol. The van der Waals surface area contributed by atoms with Crippen LogP contribution in [0.4, 0.5) is 0 Å². The van der Waals surface area contributed by atoms with Crippen LogP contribution in [0.1, 0.15) is 32.3 Å². The molecule has 1 fully saturated rings. The molecule has 0 radical (unpaired) electrons. The molecule has 2 aromatic carbocycles. The highest BCUT2D eigenvalue weighted by atomic mass is 16.5. The van der Waals surface area contributed by atoms with Crippen molar-refractivity contribution in [2.75, 3.05) is 20.3 Å². The highest BCUT2D eigenvalue weighted by Crippen LogP contribution is 2.28. The SMILES string of the molecule is C=C(/C=C\C=C1\CCCOC1)c1ccccc1-c1ccccc1.CC.CN. The van der Waals surface area contributed by atoms with Gasteiger partial charge in [0.2, 0.25) is 0 Å². The van der Waals surface area contributed by atoms with Crippen molar-refractivity contribution in [1.29, 1.82) is 0 Å². The second-order valence-electron chi connectivity index (χ2n) is 5.78. The van der Waals surface area contributed by atoms with E-state index in [4.69, 9.17) is 4.74 Å². The fraction of sp³-hybridized carbons (Fsp3) is 0.280. The lowest BCUT2D eigenvalue weighted by Crippen LogP contribution is -2.07. The Balaban J connectivity index is 0.000000855. The Hall–Kier alpha value is -2.42. The second kappa shape index (κ2) is 13.7. The lowest BCUT2D eigenvalue weighted by Gasteiger charge is -2.13. The van der Waals surface area contributed by atoms with E-state index in [1.165, 1.54) is 29.3 Å². The minimum atomic E-state index is 0.761. The number of nitrogens with two attached hydrogens (primary N) is 1. The van der Waals surface area contributed by atoms with Crippen LogP contribution >= 0.6 is 0 Å². The van der Waals surface area contributed by atoms with Gasteiger partial charge in [-0.15, -0.1) is 0 Å². The zero-order chi connectivity index (χ0) is 19.9. The summed E-state index contributed by atoms with van der Waals surface area (Å²) in [5.41, 5.74) is 10.5. The van der Waals surface area contributed by atoms with E-state index >= 15 is 0 Å².